The topological polar surface area (TPSA) is 67.3 Å². The van der Waals surface area contributed by atoms with E-state index in [0.29, 0.717) is 11.8 Å². The summed E-state index contributed by atoms with van der Waals surface area (Å²) in [6, 6.07) is 20.0. The summed E-state index contributed by atoms with van der Waals surface area (Å²) < 4.78 is 7.28. The van der Waals surface area contributed by atoms with Gasteiger partial charge in [-0.2, -0.15) is 0 Å². The first-order chi connectivity index (χ1) is 15.2. The van der Waals surface area contributed by atoms with Crippen LogP contribution in [-0.4, -0.2) is 21.2 Å². The largest absolute Gasteiger partial charge is 0.439 e. The lowest BCUT2D eigenvalue weighted by molar-refractivity contribution is 0.101. The molecule has 0 amide bonds. The van der Waals surface area contributed by atoms with E-state index in [9.17, 15) is 5.11 Å². The minimum absolute atomic E-state index is 0.171. The molecule has 0 bridgehead atoms. The Kier molecular flexibility index (Phi) is 5.82. The molecule has 1 fully saturated rings. The lowest BCUT2D eigenvalue weighted by Crippen LogP contribution is -2.21. The summed E-state index contributed by atoms with van der Waals surface area (Å²) in [7, 11) is 0. The fourth-order valence-corrected chi connectivity index (χ4v) is 5.08. The van der Waals surface area contributed by atoms with Crippen molar-refractivity contribution >= 4 is 32.4 Å². The lowest BCUT2D eigenvalue weighted by Gasteiger charge is -2.26. The molecule has 1 saturated carbocycles. The summed E-state index contributed by atoms with van der Waals surface area (Å²) in [6.45, 7) is 0. The molecule has 0 radical (unpaired) electrons. The summed E-state index contributed by atoms with van der Waals surface area (Å²) in [6.07, 6.45) is 6.50. The molecule has 2 aromatic carbocycles. The third-order valence-electron chi connectivity index (χ3n) is 5.73. The number of hydrogen-bond donors (Lipinski definition) is 2. The van der Waals surface area contributed by atoms with E-state index in [1.165, 1.54) is 0 Å². The van der Waals surface area contributed by atoms with Gasteiger partial charge in [-0.25, -0.2) is 9.97 Å². The molecule has 0 aliphatic heterocycles. The van der Waals surface area contributed by atoms with Gasteiger partial charge >= 0.3 is 0 Å². The molecule has 31 heavy (non-hydrogen) atoms. The average Bonchev–Trinajstić information content (AvgIpc) is 3.19. The Morgan fingerprint density at radius 1 is 1.03 bits per heavy atom. The van der Waals surface area contributed by atoms with Crippen LogP contribution in [0.4, 0.5) is 10.8 Å². The van der Waals surface area contributed by atoms with Gasteiger partial charge in [0.1, 0.15) is 5.75 Å². The molecule has 1 aliphatic carbocycles. The molecule has 2 aromatic heterocycles. The highest BCUT2D eigenvalue weighted by Gasteiger charge is 2.22. The number of anilines is 2. The SMILES string of the molecule is OC1CCCC(Cc2cccnc2Oc2ccc(Nc3nc4ccccc4s3)cc2)C1. The normalized spacial score (nSPS) is 18.7. The summed E-state index contributed by atoms with van der Waals surface area (Å²) in [5, 5.41) is 14.2. The maximum absolute atomic E-state index is 9.98. The summed E-state index contributed by atoms with van der Waals surface area (Å²) in [5.41, 5.74) is 3.06. The molecular weight excluding hydrogens is 406 g/mol. The van der Waals surface area contributed by atoms with Gasteiger partial charge in [0.2, 0.25) is 5.88 Å². The van der Waals surface area contributed by atoms with Crippen LogP contribution in [0.3, 0.4) is 0 Å². The van der Waals surface area contributed by atoms with Gasteiger partial charge in [0.05, 0.1) is 16.3 Å². The number of nitrogens with zero attached hydrogens (tertiary/aromatic N) is 2. The van der Waals surface area contributed by atoms with Gasteiger partial charge in [0.25, 0.3) is 0 Å². The van der Waals surface area contributed by atoms with Crippen LogP contribution >= 0.6 is 11.3 Å². The first-order valence-corrected chi connectivity index (χ1v) is 11.6. The Morgan fingerprint density at radius 3 is 2.74 bits per heavy atom. The van der Waals surface area contributed by atoms with E-state index in [2.05, 4.69) is 27.4 Å². The fourth-order valence-electron chi connectivity index (χ4n) is 4.20. The molecule has 2 heterocycles. The van der Waals surface area contributed by atoms with Crippen LogP contribution in [0.5, 0.6) is 11.6 Å². The van der Waals surface area contributed by atoms with Crippen molar-refractivity contribution in [3.63, 3.8) is 0 Å². The molecule has 0 saturated heterocycles. The van der Waals surface area contributed by atoms with E-state index < -0.39 is 0 Å². The fraction of sp³-hybridized carbons (Fsp3) is 0.280. The second-order valence-electron chi connectivity index (χ2n) is 8.10. The van der Waals surface area contributed by atoms with Crippen LogP contribution in [0.15, 0.2) is 66.9 Å². The number of benzene rings is 2. The number of fused-ring (bicyclic) bond motifs is 1. The molecule has 5 rings (SSSR count). The third kappa shape index (κ3) is 4.86. The van der Waals surface area contributed by atoms with Crippen molar-refractivity contribution in [3.8, 4) is 11.6 Å². The molecule has 6 heteroatoms. The number of nitrogens with one attached hydrogen (secondary N) is 1. The number of pyridine rings is 1. The van der Waals surface area contributed by atoms with E-state index in [-0.39, 0.29) is 6.10 Å². The molecule has 2 atom stereocenters. The van der Waals surface area contributed by atoms with E-state index in [1.54, 1.807) is 17.5 Å². The van der Waals surface area contributed by atoms with Crippen molar-refractivity contribution in [2.75, 3.05) is 5.32 Å². The number of aliphatic hydroxyl groups is 1. The Bertz CT molecular complexity index is 1130. The first-order valence-electron chi connectivity index (χ1n) is 10.8. The van der Waals surface area contributed by atoms with E-state index in [4.69, 9.17) is 4.74 Å². The molecule has 2 N–H and O–H groups in total. The number of rotatable bonds is 6. The molecule has 0 spiro atoms. The number of para-hydroxylation sites is 1. The van der Waals surface area contributed by atoms with Crippen LogP contribution in [0.1, 0.15) is 31.2 Å². The van der Waals surface area contributed by atoms with E-state index in [1.807, 2.05) is 48.5 Å². The number of hydrogen-bond acceptors (Lipinski definition) is 6. The Morgan fingerprint density at radius 2 is 1.90 bits per heavy atom. The molecule has 5 nitrogen and oxygen atoms in total. The van der Waals surface area contributed by atoms with E-state index >= 15 is 0 Å². The highest BCUT2D eigenvalue weighted by Crippen LogP contribution is 2.32. The smallest absolute Gasteiger partial charge is 0.222 e. The Hall–Kier alpha value is -2.96. The number of thiazole rings is 1. The average molecular weight is 432 g/mol. The standard InChI is InChI=1S/C25H25N3O2S/c29-20-7-3-5-17(16-20)15-18-6-4-14-26-24(18)30-21-12-10-19(11-13-21)27-25-28-22-8-1-2-9-23(22)31-25/h1-2,4,6,8-14,17,20,29H,3,5,7,15-16H2,(H,27,28). The molecule has 4 aromatic rings. The van der Waals surface area contributed by atoms with Crippen LogP contribution < -0.4 is 10.1 Å². The highest BCUT2D eigenvalue weighted by atomic mass is 32.1. The monoisotopic (exact) mass is 431 g/mol. The van der Waals surface area contributed by atoms with Crippen molar-refractivity contribution < 1.29 is 9.84 Å². The quantitative estimate of drug-likeness (QED) is 0.374. The minimum Gasteiger partial charge on any atom is -0.439 e. The second-order valence-corrected chi connectivity index (χ2v) is 9.13. The molecule has 158 valence electrons. The van der Waals surface area contributed by atoms with Gasteiger partial charge in [-0.05, 0) is 74.1 Å². The predicted molar refractivity (Wildman–Crippen MR) is 125 cm³/mol. The van der Waals surface area contributed by atoms with Crippen LogP contribution in [-0.2, 0) is 6.42 Å². The van der Waals surface area contributed by atoms with Gasteiger partial charge < -0.3 is 15.2 Å². The molecule has 1 aliphatic rings. The number of aromatic nitrogens is 2. The maximum Gasteiger partial charge on any atom is 0.222 e. The van der Waals surface area contributed by atoms with E-state index in [0.717, 1.165) is 64.5 Å². The van der Waals surface area contributed by atoms with Crippen LogP contribution in [0.25, 0.3) is 10.2 Å². The van der Waals surface area contributed by atoms with Crippen LogP contribution in [0.2, 0.25) is 0 Å². The zero-order valence-electron chi connectivity index (χ0n) is 17.2. The van der Waals surface area contributed by atoms with Gasteiger partial charge in [-0.1, -0.05) is 36.0 Å². The van der Waals surface area contributed by atoms with Crippen molar-refractivity contribution in [3.05, 3.63) is 72.4 Å². The second kappa shape index (κ2) is 9.04. The number of aliphatic hydroxyl groups excluding tert-OH is 1. The molecular formula is C25H25N3O2S. The van der Waals surface area contributed by atoms with Crippen LogP contribution in [0, 0.1) is 5.92 Å². The van der Waals surface area contributed by atoms with Gasteiger partial charge in [-0.3, -0.25) is 0 Å². The minimum atomic E-state index is -0.171. The van der Waals surface area contributed by atoms with Crippen molar-refractivity contribution in [1.82, 2.24) is 9.97 Å². The zero-order valence-corrected chi connectivity index (χ0v) is 18.0. The van der Waals surface area contributed by atoms with Crippen molar-refractivity contribution in [1.29, 1.82) is 0 Å². The predicted octanol–water partition coefficient (Wildman–Crippen LogP) is 6.32. The van der Waals surface area contributed by atoms with Crippen molar-refractivity contribution in [2.45, 2.75) is 38.2 Å². The Balaban J connectivity index is 1.26. The van der Waals surface area contributed by atoms with Gasteiger partial charge in [-0.15, -0.1) is 0 Å². The molecule has 2 unspecified atom stereocenters. The first kappa shape index (κ1) is 20.0. The summed E-state index contributed by atoms with van der Waals surface area (Å²) in [5.74, 6) is 1.88. The Labute approximate surface area is 185 Å². The lowest BCUT2D eigenvalue weighted by atomic mass is 9.83. The summed E-state index contributed by atoms with van der Waals surface area (Å²) in [4.78, 5) is 9.08. The zero-order chi connectivity index (χ0) is 21.0. The van der Waals surface area contributed by atoms with Gasteiger partial charge in [0, 0.05) is 17.4 Å². The third-order valence-corrected chi connectivity index (χ3v) is 6.68. The number of ether oxygens (including phenoxy) is 1. The highest BCUT2D eigenvalue weighted by molar-refractivity contribution is 7.22. The summed E-state index contributed by atoms with van der Waals surface area (Å²) >= 11 is 1.64. The maximum atomic E-state index is 9.98. The van der Waals surface area contributed by atoms with Crippen molar-refractivity contribution in [2.24, 2.45) is 5.92 Å². The van der Waals surface area contributed by atoms with Gasteiger partial charge in [0.15, 0.2) is 5.13 Å².